The smallest absolute Gasteiger partial charge is 0.275 e. The van der Waals surface area contributed by atoms with Crippen molar-refractivity contribution in [2.24, 2.45) is 4.99 Å². The molecule has 1 N–H and O–H groups in total. The topological polar surface area (TPSA) is 41.5 Å². The molecular formula is C18H14BrClN2O. The summed E-state index contributed by atoms with van der Waals surface area (Å²) in [5.41, 5.74) is 2.41. The molecule has 1 aliphatic rings. The Morgan fingerprint density at radius 2 is 1.96 bits per heavy atom. The van der Waals surface area contributed by atoms with Crippen LogP contribution in [0.2, 0.25) is 5.02 Å². The number of aryl methyl sites for hydroxylation is 1. The zero-order valence-corrected chi connectivity index (χ0v) is 14.6. The molecule has 0 spiro atoms. The van der Waals surface area contributed by atoms with Crippen molar-refractivity contribution < 1.29 is 4.79 Å². The molecule has 116 valence electrons. The Balaban J connectivity index is 1.73. The molecule has 0 saturated carbocycles. The maximum Gasteiger partial charge on any atom is 0.275 e. The lowest BCUT2D eigenvalue weighted by molar-refractivity contribution is -0.115. The lowest BCUT2D eigenvalue weighted by Gasteiger charge is -2.03. The van der Waals surface area contributed by atoms with Crippen LogP contribution in [-0.2, 0) is 11.2 Å². The van der Waals surface area contributed by atoms with E-state index in [4.69, 9.17) is 11.6 Å². The number of rotatable bonds is 4. The van der Waals surface area contributed by atoms with E-state index in [9.17, 15) is 4.79 Å². The summed E-state index contributed by atoms with van der Waals surface area (Å²) in [4.78, 5) is 16.4. The van der Waals surface area contributed by atoms with Crippen LogP contribution in [-0.4, -0.2) is 11.7 Å². The second-order valence-corrected chi connectivity index (χ2v) is 6.51. The van der Waals surface area contributed by atoms with E-state index in [0.29, 0.717) is 18.0 Å². The predicted octanol–water partition coefficient (Wildman–Crippen LogP) is 4.60. The molecule has 0 saturated heterocycles. The second kappa shape index (κ2) is 7.11. The molecule has 0 radical (unpaired) electrons. The third-order valence-corrected chi connectivity index (χ3v) is 4.35. The fraction of sp³-hybridized carbons (Fsp3) is 0.111. The SMILES string of the molecule is O=C1NC(CCc2ccccc2Cl)=N/C1=C/c1cccc(Br)c1. The minimum Gasteiger partial charge on any atom is -0.309 e. The standard InChI is InChI=1S/C18H14BrClN2O/c19-14-6-3-4-12(10-14)11-16-18(23)22-17(21-16)9-8-13-5-1-2-7-15(13)20/h1-7,10-11H,8-9H2,(H,21,22,23)/b16-11+. The Morgan fingerprint density at radius 1 is 1.13 bits per heavy atom. The zero-order chi connectivity index (χ0) is 16.2. The van der Waals surface area contributed by atoms with E-state index in [2.05, 4.69) is 26.2 Å². The number of amidine groups is 1. The molecule has 1 aliphatic heterocycles. The molecule has 0 aromatic heterocycles. The monoisotopic (exact) mass is 388 g/mol. The van der Waals surface area contributed by atoms with Gasteiger partial charge in [0.15, 0.2) is 0 Å². The number of aliphatic imine (C=N–C) groups is 1. The van der Waals surface area contributed by atoms with Gasteiger partial charge in [0.25, 0.3) is 5.91 Å². The van der Waals surface area contributed by atoms with Crippen LogP contribution in [0.4, 0.5) is 0 Å². The van der Waals surface area contributed by atoms with Crippen LogP contribution in [0.1, 0.15) is 17.5 Å². The molecule has 23 heavy (non-hydrogen) atoms. The molecule has 3 nitrogen and oxygen atoms in total. The van der Waals surface area contributed by atoms with Crippen LogP contribution < -0.4 is 5.32 Å². The predicted molar refractivity (Wildman–Crippen MR) is 97.5 cm³/mol. The Morgan fingerprint density at radius 3 is 2.74 bits per heavy atom. The van der Waals surface area contributed by atoms with Gasteiger partial charge in [0.05, 0.1) is 0 Å². The molecule has 1 heterocycles. The highest BCUT2D eigenvalue weighted by molar-refractivity contribution is 9.10. The van der Waals surface area contributed by atoms with E-state index in [1.807, 2.05) is 48.5 Å². The fourth-order valence-corrected chi connectivity index (χ4v) is 2.99. The minimum atomic E-state index is -0.167. The Hall–Kier alpha value is -1.91. The van der Waals surface area contributed by atoms with E-state index in [1.54, 1.807) is 6.08 Å². The number of amides is 1. The summed E-state index contributed by atoms with van der Waals surface area (Å²) < 4.78 is 0.966. The first-order chi connectivity index (χ1) is 11.1. The lowest BCUT2D eigenvalue weighted by Crippen LogP contribution is -2.24. The van der Waals surface area contributed by atoms with Crippen LogP contribution >= 0.6 is 27.5 Å². The van der Waals surface area contributed by atoms with E-state index in [-0.39, 0.29) is 5.91 Å². The quantitative estimate of drug-likeness (QED) is 0.763. The molecule has 0 aliphatic carbocycles. The molecule has 3 rings (SSSR count). The van der Waals surface area contributed by atoms with E-state index < -0.39 is 0 Å². The van der Waals surface area contributed by atoms with Gasteiger partial charge in [0, 0.05) is 15.9 Å². The van der Waals surface area contributed by atoms with Crippen LogP contribution in [0.3, 0.4) is 0 Å². The summed E-state index contributed by atoms with van der Waals surface area (Å²) in [5, 5.41) is 3.55. The Kier molecular flexibility index (Phi) is 4.94. The summed E-state index contributed by atoms with van der Waals surface area (Å²) in [5.74, 6) is 0.510. The van der Waals surface area contributed by atoms with Crippen LogP contribution in [0.15, 0.2) is 63.7 Å². The van der Waals surface area contributed by atoms with Gasteiger partial charge in [-0.2, -0.15) is 0 Å². The van der Waals surface area contributed by atoms with Crippen LogP contribution in [0, 0.1) is 0 Å². The molecule has 1 amide bonds. The molecule has 0 atom stereocenters. The number of hydrogen-bond acceptors (Lipinski definition) is 2. The molecule has 2 aromatic rings. The van der Waals surface area contributed by atoms with Gasteiger partial charge in [-0.3, -0.25) is 4.79 Å². The maximum atomic E-state index is 12.0. The molecule has 0 unspecified atom stereocenters. The summed E-state index contributed by atoms with van der Waals surface area (Å²) in [6, 6.07) is 15.4. The fourth-order valence-electron chi connectivity index (χ4n) is 2.34. The average molecular weight is 390 g/mol. The molecule has 5 heteroatoms. The van der Waals surface area contributed by atoms with Gasteiger partial charge in [-0.25, -0.2) is 4.99 Å². The molecule has 0 fully saturated rings. The van der Waals surface area contributed by atoms with Crippen molar-refractivity contribution in [2.45, 2.75) is 12.8 Å². The third-order valence-electron chi connectivity index (χ3n) is 3.49. The zero-order valence-electron chi connectivity index (χ0n) is 12.2. The van der Waals surface area contributed by atoms with Crippen molar-refractivity contribution in [1.82, 2.24) is 5.32 Å². The second-order valence-electron chi connectivity index (χ2n) is 5.19. The van der Waals surface area contributed by atoms with Crippen molar-refractivity contribution in [3.8, 4) is 0 Å². The van der Waals surface area contributed by atoms with Crippen molar-refractivity contribution in [1.29, 1.82) is 0 Å². The first kappa shape index (κ1) is 16.0. The Bertz CT molecular complexity index is 814. The average Bonchev–Trinajstić information content (AvgIpc) is 2.87. The van der Waals surface area contributed by atoms with E-state index in [0.717, 1.165) is 27.0 Å². The van der Waals surface area contributed by atoms with Crippen molar-refractivity contribution >= 4 is 45.3 Å². The van der Waals surface area contributed by atoms with Crippen molar-refractivity contribution in [3.05, 3.63) is 74.9 Å². The number of nitrogens with zero attached hydrogens (tertiary/aromatic N) is 1. The summed E-state index contributed by atoms with van der Waals surface area (Å²) in [6.07, 6.45) is 3.16. The molecule has 2 aromatic carbocycles. The molecular weight excluding hydrogens is 376 g/mol. The highest BCUT2D eigenvalue weighted by Crippen LogP contribution is 2.19. The van der Waals surface area contributed by atoms with Gasteiger partial charge in [-0.05, 0) is 41.8 Å². The number of hydrogen-bond donors (Lipinski definition) is 1. The summed E-state index contributed by atoms with van der Waals surface area (Å²) in [7, 11) is 0. The van der Waals surface area contributed by atoms with Gasteiger partial charge in [0.1, 0.15) is 11.5 Å². The summed E-state index contributed by atoms with van der Waals surface area (Å²) >= 11 is 9.56. The number of halogens is 2. The van der Waals surface area contributed by atoms with Gasteiger partial charge < -0.3 is 5.32 Å². The molecule has 0 bridgehead atoms. The number of carbonyl (C=O) groups is 1. The van der Waals surface area contributed by atoms with Gasteiger partial charge in [0.2, 0.25) is 0 Å². The van der Waals surface area contributed by atoms with Crippen LogP contribution in [0.25, 0.3) is 6.08 Å². The summed E-state index contributed by atoms with van der Waals surface area (Å²) in [6.45, 7) is 0. The van der Waals surface area contributed by atoms with E-state index in [1.165, 1.54) is 0 Å². The Labute approximate surface area is 148 Å². The van der Waals surface area contributed by atoms with Crippen LogP contribution in [0.5, 0.6) is 0 Å². The number of benzene rings is 2. The first-order valence-corrected chi connectivity index (χ1v) is 8.38. The third kappa shape index (κ3) is 4.09. The van der Waals surface area contributed by atoms with E-state index >= 15 is 0 Å². The number of nitrogens with one attached hydrogen (secondary N) is 1. The van der Waals surface area contributed by atoms with Gasteiger partial charge >= 0.3 is 0 Å². The highest BCUT2D eigenvalue weighted by atomic mass is 79.9. The van der Waals surface area contributed by atoms with Crippen molar-refractivity contribution in [2.75, 3.05) is 0 Å². The first-order valence-electron chi connectivity index (χ1n) is 7.21. The van der Waals surface area contributed by atoms with Crippen molar-refractivity contribution in [3.63, 3.8) is 0 Å². The van der Waals surface area contributed by atoms with Gasteiger partial charge in [-0.1, -0.05) is 57.9 Å². The minimum absolute atomic E-state index is 0.167. The number of carbonyl (C=O) groups excluding carboxylic acids is 1. The normalized spacial score (nSPS) is 15.7. The lowest BCUT2D eigenvalue weighted by atomic mass is 10.1. The maximum absolute atomic E-state index is 12.0. The highest BCUT2D eigenvalue weighted by Gasteiger charge is 2.19. The largest absolute Gasteiger partial charge is 0.309 e. The van der Waals surface area contributed by atoms with Gasteiger partial charge in [-0.15, -0.1) is 0 Å².